The molecule has 1 N–H and O–H groups in total. The van der Waals surface area contributed by atoms with Crippen LogP contribution in [0, 0.1) is 19.7 Å². The molecule has 1 amide bonds. The zero-order valence-corrected chi connectivity index (χ0v) is 14.6. The van der Waals surface area contributed by atoms with E-state index in [1.165, 1.54) is 17.7 Å². The minimum absolute atomic E-state index is 0.0960. The van der Waals surface area contributed by atoms with Gasteiger partial charge in [0.25, 0.3) is 5.91 Å². The molecular weight excluding hydrogens is 305 g/mol. The Morgan fingerprint density at radius 2 is 1.92 bits per heavy atom. The molecule has 24 heavy (non-hydrogen) atoms. The second kappa shape index (κ2) is 7.95. The lowest BCUT2D eigenvalue weighted by molar-refractivity contribution is -0.128. The Kier molecular flexibility index (Phi) is 5.96. The van der Waals surface area contributed by atoms with Crippen LogP contribution in [0.1, 0.15) is 43.0 Å². The van der Waals surface area contributed by atoms with Crippen LogP contribution in [-0.4, -0.2) is 12.0 Å². The molecule has 2 atom stereocenters. The molecule has 0 saturated carbocycles. The molecule has 0 aliphatic heterocycles. The molecule has 2 aromatic carbocycles. The predicted molar refractivity (Wildman–Crippen MR) is 93.6 cm³/mol. The number of amides is 1. The molecule has 0 fully saturated rings. The van der Waals surface area contributed by atoms with Crippen molar-refractivity contribution in [2.75, 3.05) is 0 Å². The smallest absolute Gasteiger partial charge is 0.261 e. The van der Waals surface area contributed by atoms with Crippen molar-refractivity contribution in [1.82, 2.24) is 5.32 Å². The van der Waals surface area contributed by atoms with Gasteiger partial charge >= 0.3 is 0 Å². The summed E-state index contributed by atoms with van der Waals surface area (Å²) < 4.78 is 19.3. The summed E-state index contributed by atoms with van der Waals surface area (Å²) in [5.41, 5.74) is 3.38. The molecule has 0 heterocycles. The summed E-state index contributed by atoms with van der Waals surface area (Å²) in [5.74, 6) is -0.613. The van der Waals surface area contributed by atoms with Crippen molar-refractivity contribution in [1.29, 1.82) is 0 Å². The topological polar surface area (TPSA) is 38.3 Å². The molecule has 128 valence electrons. The van der Waals surface area contributed by atoms with E-state index < -0.39 is 11.9 Å². The van der Waals surface area contributed by atoms with Gasteiger partial charge in [-0.25, -0.2) is 4.39 Å². The molecule has 0 spiro atoms. The van der Waals surface area contributed by atoms with Gasteiger partial charge in [-0.2, -0.15) is 0 Å². The van der Waals surface area contributed by atoms with Gasteiger partial charge in [-0.1, -0.05) is 42.8 Å². The molecule has 0 bridgehead atoms. The Bertz CT molecular complexity index is 715. The van der Waals surface area contributed by atoms with E-state index in [-0.39, 0.29) is 17.7 Å². The number of halogens is 1. The second-order valence-corrected chi connectivity index (χ2v) is 6.04. The molecule has 0 aliphatic carbocycles. The number of hydrogen-bond acceptors (Lipinski definition) is 2. The standard InChI is InChI=1S/C20H24FNO2/c1-5-18(24-19-9-7-6-8-17(19)21)20(23)22-15(4)16-11-10-13(2)12-14(16)3/h6-12,15,18H,5H2,1-4H3,(H,22,23). The van der Waals surface area contributed by atoms with Crippen molar-refractivity contribution in [3.05, 3.63) is 65.0 Å². The highest BCUT2D eigenvalue weighted by Gasteiger charge is 2.22. The van der Waals surface area contributed by atoms with E-state index in [9.17, 15) is 9.18 Å². The van der Waals surface area contributed by atoms with Gasteiger partial charge in [-0.05, 0) is 50.5 Å². The Morgan fingerprint density at radius 3 is 2.54 bits per heavy atom. The Labute approximate surface area is 142 Å². The number of carbonyl (C=O) groups is 1. The molecule has 2 aromatic rings. The van der Waals surface area contributed by atoms with E-state index in [2.05, 4.69) is 11.4 Å². The molecular formula is C20H24FNO2. The fourth-order valence-electron chi connectivity index (χ4n) is 2.71. The average molecular weight is 329 g/mol. The summed E-state index contributed by atoms with van der Waals surface area (Å²) in [6.07, 6.45) is -0.269. The summed E-state index contributed by atoms with van der Waals surface area (Å²) >= 11 is 0. The third-order valence-corrected chi connectivity index (χ3v) is 4.02. The number of para-hydroxylation sites is 1. The Morgan fingerprint density at radius 1 is 1.21 bits per heavy atom. The van der Waals surface area contributed by atoms with Crippen LogP contribution in [0.25, 0.3) is 0 Å². The van der Waals surface area contributed by atoms with Gasteiger partial charge in [-0.3, -0.25) is 4.79 Å². The predicted octanol–water partition coefficient (Wildman–Crippen LogP) is 4.48. The van der Waals surface area contributed by atoms with Gasteiger partial charge < -0.3 is 10.1 Å². The van der Waals surface area contributed by atoms with Crippen LogP contribution in [0.4, 0.5) is 4.39 Å². The lowest BCUT2D eigenvalue weighted by atomic mass is 10.00. The molecule has 4 heteroatoms. The fraction of sp³-hybridized carbons (Fsp3) is 0.350. The Hall–Kier alpha value is -2.36. The van der Waals surface area contributed by atoms with Crippen molar-refractivity contribution >= 4 is 5.91 Å². The number of aryl methyl sites for hydroxylation is 2. The number of benzene rings is 2. The summed E-state index contributed by atoms with van der Waals surface area (Å²) in [4.78, 5) is 12.5. The molecule has 3 nitrogen and oxygen atoms in total. The van der Waals surface area contributed by atoms with Gasteiger partial charge in [0.05, 0.1) is 6.04 Å². The van der Waals surface area contributed by atoms with Crippen molar-refractivity contribution in [3.8, 4) is 5.75 Å². The first kappa shape index (κ1) is 18.0. The zero-order chi connectivity index (χ0) is 17.7. The second-order valence-electron chi connectivity index (χ2n) is 6.04. The van der Waals surface area contributed by atoms with Crippen molar-refractivity contribution in [2.45, 2.75) is 46.3 Å². The number of nitrogens with one attached hydrogen (secondary N) is 1. The maximum Gasteiger partial charge on any atom is 0.261 e. The van der Waals surface area contributed by atoms with Gasteiger partial charge in [-0.15, -0.1) is 0 Å². The monoisotopic (exact) mass is 329 g/mol. The van der Waals surface area contributed by atoms with Crippen LogP contribution in [0.2, 0.25) is 0 Å². The van der Waals surface area contributed by atoms with E-state index in [0.717, 1.165) is 11.1 Å². The normalized spacial score (nSPS) is 13.2. The number of carbonyl (C=O) groups excluding carboxylic acids is 1. The molecule has 0 aliphatic rings. The van der Waals surface area contributed by atoms with Gasteiger partial charge in [0.15, 0.2) is 17.7 Å². The number of rotatable bonds is 6. The van der Waals surface area contributed by atoms with Gasteiger partial charge in [0.2, 0.25) is 0 Å². The Balaban J connectivity index is 2.07. The zero-order valence-electron chi connectivity index (χ0n) is 14.6. The lowest BCUT2D eigenvalue weighted by Gasteiger charge is -2.22. The maximum atomic E-state index is 13.7. The van der Waals surface area contributed by atoms with E-state index in [1.54, 1.807) is 12.1 Å². The van der Waals surface area contributed by atoms with E-state index >= 15 is 0 Å². The molecule has 0 saturated heterocycles. The van der Waals surface area contributed by atoms with Crippen molar-refractivity contribution in [2.24, 2.45) is 0 Å². The molecule has 0 radical (unpaired) electrons. The highest BCUT2D eigenvalue weighted by atomic mass is 19.1. The summed E-state index contributed by atoms with van der Waals surface area (Å²) in [5, 5.41) is 2.96. The van der Waals surface area contributed by atoms with Crippen LogP contribution in [0.15, 0.2) is 42.5 Å². The molecule has 2 unspecified atom stereocenters. The summed E-state index contributed by atoms with van der Waals surface area (Å²) in [7, 11) is 0. The maximum absolute atomic E-state index is 13.7. The minimum atomic E-state index is -0.727. The first-order valence-electron chi connectivity index (χ1n) is 8.21. The average Bonchev–Trinajstić information content (AvgIpc) is 2.53. The van der Waals surface area contributed by atoms with Crippen LogP contribution in [0.5, 0.6) is 5.75 Å². The summed E-state index contributed by atoms with van der Waals surface area (Å²) in [6, 6.07) is 12.1. The highest BCUT2D eigenvalue weighted by molar-refractivity contribution is 5.81. The molecule has 2 rings (SSSR count). The van der Waals surface area contributed by atoms with Crippen LogP contribution < -0.4 is 10.1 Å². The van der Waals surface area contributed by atoms with Gasteiger partial charge in [0, 0.05) is 0 Å². The van der Waals surface area contributed by atoms with Crippen molar-refractivity contribution < 1.29 is 13.9 Å². The van der Waals surface area contributed by atoms with Crippen molar-refractivity contribution in [3.63, 3.8) is 0 Å². The van der Waals surface area contributed by atoms with E-state index in [1.807, 2.05) is 39.8 Å². The molecule has 0 aromatic heterocycles. The van der Waals surface area contributed by atoms with E-state index in [4.69, 9.17) is 4.74 Å². The number of ether oxygens (including phenoxy) is 1. The van der Waals surface area contributed by atoms with E-state index in [0.29, 0.717) is 6.42 Å². The first-order valence-corrected chi connectivity index (χ1v) is 8.21. The minimum Gasteiger partial charge on any atom is -0.478 e. The van der Waals surface area contributed by atoms with Crippen LogP contribution >= 0.6 is 0 Å². The SMILES string of the molecule is CCC(Oc1ccccc1F)C(=O)NC(C)c1ccc(C)cc1C. The third-order valence-electron chi connectivity index (χ3n) is 4.02. The quantitative estimate of drug-likeness (QED) is 0.849. The summed E-state index contributed by atoms with van der Waals surface area (Å²) in [6.45, 7) is 7.84. The lowest BCUT2D eigenvalue weighted by Crippen LogP contribution is -2.39. The van der Waals surface area contributed by atoms with Crippen LogP contribution in [-0.2, 0) is 4.79 Å². The largest absolute Gasteiger partial charge is 0.478 e. The fourth-order valence-corrected chi connectivity index (χ4v) is 2.71. The third kappa shape index (κ3) is 4.34. The van der Waals surface area contributed by atoms with Crippen LogP contribution in [0.3, 0.4) is 0 Å². The first-order chi connectivity index (χ1) is 11.4. The highest BCUT2D eigenvalue weighted by Crippen LogP contribution is 2.21. The number of hydrogen-bond donors (Lipinski definition) is 1. The van der Waals surface area contributed by atoms with Gasteiger partial charge in [0.1, 0.15) is 0 Å².